The van der Waals surface area contributed by atoms with Gasteiger partial charge in [0.1, 0.15) is 0 Å². The molecule has 0 fully saturated rings. The van der Waals surface area contributed by atoms with Crippen LogP contribution >= 0.6 is 69.6 Å². The molecule has 146 valence electrons. The number of carbonyl (C=O) groups is 4. The fourth-order valence-electron chi connectivity index (χ4n) is 2.32. The molecule has 1 aliphatic rings. The van der Waals surface area contributed by atoms with Gasteiger partial charge in [0, 0.05) is 6.92 Å². The smallest absolute Gasteiger partial charge is 0.368 e. The van der Waals surface area contributed by atoms with E-state index in [0.717, 1.165) is 6.92 Å². The summed E-state index contributed by atoms with van der Waals surface area (Å²) in [5, 5.41) is -0.185. The minimum atomic E-state index is -2.79. The van der Waals surface area contributed by atoms with E-state index in [1.54, 1.807) is 0 Å². The molecule has 0 radical (unpaired) electrons. The minimum absolute atomic E-state index is 0.185. The molecular formula is C14H7Cl6NO6. The molecule has 1 aromatic carbocycles. The molecule has 0 spiro atoms. The minimum Gasteiger partial charge on any atom is -0.409 e. The van der Waals surface area contributed by atoms with Crippen molar-refractivity contribution in [1.29, 1.82) is 0 Å². The zero-order chi connectivity index (χ0) is 20.7. The van der Waals surface area contributed by atoms with Crippen LogP contribution in [0.15, 0.2) is 18.2 Å². The standard InChI is InChI=1S/C14H7Cl6NO6/c1-5(22)26-13(27-10(23)9(16)17)8-6(15)3-2-4-7(8)21(11(13)24)12(25)14(18,19)20/h2-4,9H,1H3. The maximum atomic E-state index is 13.0. The van der Waals surface area contributed by atoms with Crippen LogP contribution in [0.3, 0.4) is 0 Å². The monoisotopic (exact) mass is 495 g/mol. The van der Waals surface area contributed by atoms with E-state index in [1.165, 1.54) is 18.2 Å². The molecule has 1 aliphatic heterocycles. The highest BCUT2D eigenvalue weighted by Gasteiger charge is 2.62. The van der Waals surface area contributed by atoms with E-state index >= 15 is 0 Å². The summed E-state index contributed by atoms with van der Waals surface area (Å²) < 4.78 is 7.39. The lowest BCUT2D eigenvalue weighted by Gasteiger charge is -2.28. The average molecular weight is 498 g/mol. The van der Waals surface area contributed by atoms with Crippen LogP contribution in [0.1, 0.15) is 12.5 Å². The number of ether oxygens (including phenoxy) is 2. The van der Waals surface area contributed by atoms with Gasteiger partial charge in [-0.1, -0.05) is 75.7 Å². The van der Waals surface area contributed by atoms with Gasteiger partial charge < -0.3 is 9.47 Å². The van der Waals surface area contributed by atoms with Gasteiger partial charge in [0.2, 0.25) is 4.84 Å². The maximum absolute atomic E-state index is 13.0. The molecule has 27 heavy (non-hydrogen) atoms. The number of halogens is 6. The van der Waals surface area contributed by atoms with Crippen molar-refractivity contribution in [3.05, 3.63) is 28.8 Å². The van der Waals surface area contributed by atoms with Gasteiger partial charge >= 0.3 is 23.6 Å². The van der Waals surface area contributed by atoms with Crippen molar-refractivity contribution in [3.63, 3.8) is 0 Å². The summed E-state index contributed by atoms with van der Waals surface area (Å²) in [4.78, 5) is 47.8. The van der Waals surface area contributed by atoms with E-state index in [4.69, 9.17) is 79.1 Å². The Hall–Kier alpha value is -0.960. The Labute approximate surface area is 182 Å². The van der Waals surface area contributed by atoms with Gasteiger partial charge in [0.05, 0.1) is 16.3 Å². The van der Waals surface area contributed by atoms with E-state index in [-0.39, 0.29) is 16.3 Å². The number of hydrogen-bond acceptors (Lipinski definition) is 6. The molecule has 0 bridgehead atoms. The molecule has 1 aromatic rings. The van der Waals surface area contributed by atoms with E-state index in [0.29, 0.717) is 4.90 Å². The van der Waals surface area contributed by atoms with Crippen LogP contribution in [-0.4, -0.2) is 32.4 Å². The third-order valence-corrected chi connectivity index (χ3v) is 4.36. The van der Waals surface area contributed by atoms with Crippen LogP contribution in [-0.2, 0) is 34.4 Å². The Bertz CT molecular complexity index is 838. The fourth-order valence-corrected chi connectivity index (χ4v) is 2.95. The predicted octanol–water partition coefficient (Wildman–Crippen LogP) is 3.65. The molecule has 0 aromatic heterocycles. The van der Waals surface area contributed by atoms with Gasteiger partial charge in [0.15, 0.2) is 0 Å². The Kier molecular flexibility index (Phi) is 6.46. The summed E-state index contributed by atoms with van der Waals surface area (Å²) in [5.41, 5.74) is -0.560. The van der Waals surface area contributed by atoms with Crippen molar-refractivity contribution in [2.75, 3.05) is 4.90 Å². The Morgan fingerprint density at radius 2 is 1.74 bits per heavy atom. The number of hydrogen-bond donors (Lipinski definition) is 0. The second kappa shape index (κ2) is 7.81. The van der Waals surface area contributed by atoms with Crippen molar-refractivity contribution in [2.45, 2.75) is 21.3 Å². The first kappa shape index (κ1) is 22.3. The van der Waals surface area contributed by atoms with Crippen LogP contribution in [0, 0.1) is 0 Å². The van der Waals surface area contributed by atoms with Gasteiger partial charge in [0.25, 0.3) is 9.70 Å². The van der Waals surface area contributed by atoms with Gasteiger partial charge in [-0.2, -0.15) is 0 Å². The predicted molar refractivity (Wildman–Crippen MR) is 99.3 cm³/mol. The summed E-state index contributed by atoms with van der Waals surface area (Å²) in [7, 11) is 0. The molecule has 0 saturated carbocycles. The van der Waals surface area contributed by atoms with E-state index in [9.17, 15) is 19.2 Å². The molecule has 2 rings (SSSR count). The summed E-state index contributed by atoms with van der Waals surface area (Å²) in [6, 6.07) is 3.90. The quantitative estimate of drug-likeness (QED) is 0.360. The molecule has 13 heteroatoms. The zero-order valence-electron chi connectivity index (χ0n) is 13.0. The molecule has 2 amide bonds. The van der Waals surface area contributed by atoms with Gasteiger partial charge in [-0.3, -0.25) is 14.4 Å². The first-order valence-corrected chi connectivity index (χ1v) is 9.16. The lowest BCUT2D eigenvalue weighted by molar-refractivity contribution is -0.226. The Balaban J connectivity index is 2.77. The summed E-state index contributed by atoms with van der Waals surface area (Å²) >= 11 is 33.8. The lowest BCUT2D eigenvalue weighted by atomic mass is 10.1. The number of amides is 2. The molecule has 1 heterocycles. The number of carbonyl (C=O) groups excluding carboxylic acids is 4. The first-order valence-electron chi connectivity index (χ1n) is 6.78. The number of imide groups is 1. The van der Waals surface area contributed by atoms with Gasteiger partial charge in [-0.25, -0.2) is 9.69 Å². The zero-order valence-corrected chi connectivity index (χ0v) is 17.5. The lowest BCUT2D eigenvalue weighted by Crippen LogP contribution is -2.51. The molecule has 1 unspecified atom stereocenters. The number of benzene rings is 1. The fraction of sp³-hybridized carbons (Fsp3) is 0.286. The van der Waals surface area contributed by atoms with Crippen LogP contribution in [0.5, 0.6) is 0 Å². The third-order valence-electron chi connectivity index (χ3n) is 3.20. The molecular weight excluding hydrogens is 491 g/mol. The topological polar surface area (TPSA) is 90.0 Å². The highest BCUT2D eigenvalue weighted by Crippen LogP contribution is 2.49. The van der Waals surface area contributed by atoms with Crippen molar-refractivity contribution < 1.29 is 28.7 Å². The second-order valence-electron chi connectivity index (χ2n) is 5.01. The van der Waals surface area contributed by atoms with Gasteiger partial charge in [-0.05, 0) is 12.1 Å². The average Bonchev–Trinajstić information content (AvgIpc) is 2.75. The Morgan fingerprint density at radius 3 is 2.22 bits per heavy atom. The molecule has 7 nitrogen and oxygen atoms in total. The largest absolute Gasteiger partial charge is 0.409 e. The highest BCUT2D eigenvalue weighted by atomic mass is 35.6. The second-order valence-corrected chi connectivity index (χ2v) is 8.79. The number of anilines is 1. The van der Waals surface area contributed by atoms with E-state index in [2.05, 4.69) is 0 Å². The van der Waals surface area contributed by atoms with Gasteiger partial charge in [-0.15, -0.1) is 0 Å². The molecule has 0 N–H and O–H groups in total. The Morgan fingerprint density at radius 1 is 1.15 bits per heavy atom. The van der Waals surface area contributed by atoms with Crippen molar-refractivity contribution in [3.8, 4) is 0 Å². The number of rotatable bonds is 3. The molecule has 0 saturated heterocycles. The van der Waals surface area contributed by atoms with Crippen LogP contribution < -0.4 is 4.90 Å². The molecule has 1 atom stereocenters. The van der Waals surface area contributed by atoms with Crippen molar-refractivity contribution >= 4 is 99.0 Å². The van der Waals surface area contributed by atoms with Crippen LogP contribution in [0.4, 0.5) is 5.69 Å². The van der Waals surface area contributed by atoms with E-state index in [1.807, 2.05) is 0 Å². The number of fused-ring (bicyclic) bond motifs is 1. The van der Waals surface area contributed by atoms with E-state index < -0.39 is 38.2 Å². The summed E-state index contributed by atoms with van der Waals surface area (Å²) in [6.45, 7) is 0.928. The van der Waals surface area contributed by atoms with Crippen molar-refractivity contribution in [1.82, 2.24) is 0 Å². The van der Waals surface area contributed by atoms with Crippen molar-refractivity contribution in [2.24, 2.45) is 0 Å². The SMILES string of the molecule is CC(=O)OC1(OC(=O)C(Cl)Cl)C(=O)N(C(=O)C(Cl)(Cl)Cl)c2cccc(Cl)c21. The number of nitrogens with zero attached hydrogens (tertiary/aromatic N) is 1. The maximum Gasteiger partial charge on any atom is 0.368 e. The first-order chi connectivity index (χ1) is 12.3. The third kappa shape index (κ3) is 4.09. The molecule has 0 aliphatic carbocycles. The summed E-state index contributed by atoms with van der Waals surface area (Å²) in [5.74, 6) is -7.86. The number of alkyl halides is 5. The van der Waals surface area contributed by atoms with Crippen LogP contribution in [0.2, 0.25) is 5.02 Å². The van der Waals surface area contributed by atoms with Crippen LogP contribution in [0.25, 0.3) is 0 Å². The normalized spacial score (nSPS) is 19.1. The summed E-state index contributed by atoms with van der Waals surface area (Å²) in [6.07, 6.45) is 0. The number of esters is 2. The highest BCUT2D eigenvalue weighted by molar-refractivity contribution is 6.77.